The molecule has 0 bridgehead atoms. The number of nitrogens with two attached hydrogens (primary N) is 1. The molecule has 1 aliphatic carbocycles. The van der Waals surface area contributed by atoms with Crippen molar-refractivity contribution in [2.75, 3.05) is 0 Å². The van der Waals surface area contributed by atoms with Gasteiger partial charge < -0.3 is 11.1 Å². The number of carbonyl (C=O) groups excluding carboxylic acids is 2. The van der Waals surface area contributed by atoms with Crippen LogP contribution < -0.4 is 11.1 Å². The van der Waals surface area contributed by atoms with Crippen molar-refractivity contribution in [1.29, 1.82) is 0 Å². The van der Waals surface area contributed by atoms with Gasteiger partial charge in [-0.25, -0.2) is 0 Å². The van der Waals surface area contributed by atoms with Crippen LogP contribution in [-0.2, 0) is 22.6 Å². The lowest BCUT2D eigenvalue weighted by atomic mass is 9.73. The Labute approximate surface area is 169 Å². The number of benzene rings is 2. The lowest BCUT2D eigenvalue weighted by Crippen LogP contribution is -2.52. The topological polar surface area (TPSA) is 72.2 Å². The second kappa shape index (κ2) is 8.32. The Hall–Kier alpha value is -2.04. The monoisotopic (exact) mass is 404 g/mol. The van der Waals surface area contributed by atoms with Crippen molar-refractivity contribution in [3.8, 4) is 0 Å². The van der Waals surface area contributed by atoms with E-state index in [2.05, 4.69) is 5.32 Å². The van der Waals surface area contributed by atoms with E-state index in [4.69, 9.17) is 28.9 Å². The number of nitrogens with one attached hydrogen (secondary N) is 1. The van der Waals surface area contributed by atoms with E-state index in [0.29, 0.717) is 29.4 Å². The molecule has 4 nitrogen and oxygen atoms in total. The first-order valence-corrected chi connectivity index (χ1v) is 9.74. The van der Waals surface area contributed by atoms with Crippen LogP contribution in [0.1, 0.15) is 30.4 Å². The molecule has 1 aliphatic rings. The van der Waals surface area contributed by atoms with Gasteiger partial charge in [0.1, 0.15) is 5.41 Å². The summed E-state index contributed by atoms with van der Waals surface area (Å²) in [7, 11) is 0. The fourth-order valence-electron chi connectivity index (χ4n) is 4.04. The van der Waals surface area contributed by atoms with Crippen molar-refractivity contribution in [2.45, 2.75) is 32.2 Å². The third-order valence-electron chi connectivity index (χ3n) is 5.37. The molecule has 0 spiro atoms. The number of carbonyl (C=O) groups is 2. The molecule has 1 fully saturated rings. The molecule has 2 aromatic rings. The highest BCUT2D eigenvalue weighted by Gasteiger charge is 2.53. The summed E-state index contributed by atoms with van der Waals surface area (Å²) in [6.45, 7) is 0.365. The fraction of sp³-hybridized carbons (Fsp3) is 0.333. The number of hydrogen-bond acceptors (Lipinski definition) is 2. The Morgan fingerprint density at radius 2 is 1.74 bits per heavy atom. The molecule has 2 aromatic carbocycles. The molecule has 27 heavy (non-hydrogen) atoms. The molecule has 142 valence electrons. The predicted octanol–water partition coefficient (Wildman–Crippen LogP) is 4.12. The molecule has 3 rings (SSSR count). The molecule has 1 saturated carbocycles. The molecule has 6 heteroatoms. The molecule has 2 atom stereocenters. The first-order chi connectivity index (χ1) is 12.9. The Kier molecular flexibility index (Phi) is 6.08. The Balaban J connectivity index is 1.80. The van der Waals surface area contributed by atoms with Crippen LogP contribution in [0.3, 0.4) is 0 Å². The third kappa shape index (κ3) is 4.28. The predicted molar refractivity (Wildman–Crippen MR) is 107 cm³/mol. The zero-order valence-electron chi connectivity index (χ0n) is 14.9. The van der Waals surface area contributed by atoms with Gasteiger partial charge in [-0.2, -0.15) is 0 Å². The summed E-state index contributed by atoms with van der Waals surface area (Å²) in [6, 6.07) is 14.9. The van der Waals surface area contributed by atoms with E-state index >= 15 is 0 Å². The van der Waals surface area contributed by atoms with Crippen LogP contribution in [0.2, 0.25) is 10.0 Å². The molecular weight excluding hydrogens is 383 g/mol. The van der Waals surface area contributed by atoms with Gasteiger partial charge in [0, 0.05) is 16.6 Å². The molecular formula is C21H22Cl2N2O2. The fourth-order valence-corrected chi connectivity index (χ4v) is 4.61. The van der Waals surface area contributed by atoms with Crippen LogP contribution in [0, 0.1) is 11.3 Å². The van der Waals surface area contributed by atoms with E-state index in [0.717, 1.165) is 24.0 Å². The van der Waals surface area contributed by atoms with Crippen LogP contribution in [0.15, 0.2) is 48.5 Å². The van der Waals surface area contributed by atoms with Gasteiger partial charge in [-0.15, -0.1) is 0 Å². The average Bonchev–Trinajstić information content (AvgIpc) is 3.04. The van der Waals surface area contributed by atoms with Crippen LogP contribution >= 0.6 is 23.2 Å². The summed E-state index contributed by atoms with van der Waals surface area (Å²) < 4.78 is 0. The minimum atomic E-state index is -1.20. The van der Waals surface area contributed by atoms with Gasteiger partial charge in [0.05, 0.1) is 0 Å². The summed E-state index contributed by atoms with van der Waals surface area (Å²) in [5.41, 5.74) is 6.43. The molecule has 2 amide bonds. The Morgan fingerprint density at radius 3 is 2.37 bits per heavy atom. The molecule has 0 heterocycles. The molecule has 0 aromatic heterocycles. The quantitative estimate of drug-likeness (QED) is 0.710. The highest BCUT2D eigenvalue weighted by atomic mass is 35.5. The third-order valence-corrected chi connectivity index (χ3v) is 5.80. The van der Waals surface area contributed by atoms with Gasteiger partial charge in [-0.3, -0.25) is 9.59 Å². The smallest absolute Gasteiger partial charge is 0.236 e. The second-order valence-electron chi connectivity index (χ2n) is 7.07. The normalized spacial score (nSPS) is 21.8. The van der Waals surface area contributed by atoms with Gasteiger partial charge in [-0.1, -0.05) is 60.0 Å². The largest absolute Gasteiger partial charge is 0.369 e. The Bertz CT molecular complexity index is 821. The number of hydrogen-bond donors (Lipinski definition) is 2. The maximum Gasteiger partial charge on any atom is 0.236 e. The second-order valence-corrected chi connectivity index (χ2v) is 7.95. The maximum absolute atomic E-state index is 13.1. The SMILES string of the molecule is NC(=O)[C@]1(C(=O)NCc2ccccc2)CCC[C@H]1Cc1cc(Cl)cc(Cl)c1. The molecule has 0 unspecified atom stereocenters. The summed E-state index contributed by atoms with van der Waals surface area (Å²) >= 11 is 12.2. The number of amides is 2. The van der Waals surface area contributed by atoms with Gasteiger partial charge in [-0.05, 0) is 54.5 Å². The van der Waals surface area contributed by atoms with E-state index in [1.807, 2.05) is 42.5 Å². The summed E-state index contributed by atoms with van der Waals surface area (Å²) in [5, 5.41) is 3.98. The average molecular weight is 405 g/mol. The summed E-state index contributed by atoms with van der Waals surface area (Å²) in [6.07, 6.45) is 2.52. The lowest BCUT2D eigenvalue weighted by molar-refractivity contribution is -0.144. The zero-order chi connectivity index (χ0) is 19.4. The minimum absolute atomic E-state index is 0.180. The van der Waals surface area contributed by atoms with E-state index < -0.39 is 11.3 Å². The van der Waals surface area contributed by atoms with Gasteiger partial charge in [0.15, 0.2) is 0 Å². The van der Waals surface area contributed by atoms with Crippen LogP contribution in [0.25, 0.3) is 0 Å². The molecule has 0 aliphatic heterocycles. The van der Waals surface area contributed by atoms with Crippen molar-refractivity contribution in [3.63, 3.8) is 0 Å². The van der Waals surface area contributed by atoms with Crippen molar-refractivity contribution in [2.24, 2.45) is 17.1 Å². The van der Waals surface area contributed by atoms with E-state index in [1.54, 1.807) is 6.07 Å². The maximum atomic E-state index is 13.1. The van der Waals surface area contributed by atoms with Crippen molar-refractivity contribution >= 4 is 35.0 Å². The van der Waals surface area contributed by atoms with Gasteiger partial charge >= 0.3 is 0 Å². The highest BCUT2D eigenvalue weighted by molar-refractivity contribution is 6.34. The first kappa shape index (κ1) is 19.7. The Morgan fingerprint density at radius 1 is 1.07 bits per heavy atom. The van der Waals surface area contributed by atoms with Crippen LogP contribution in [-0.4, -0.2) is 11.8 Å². The van der Waals surface area contributed by atoms with E-state index in [1.165, 1.54) is 0 Å². The van der Waals surface area contributed by atoms with E-state index in [9.17, 15) is 9.59 Å². The van der Waals surface area contributed by atoms with Gasteiger partial charge in [0.2, 0.25) is 11.8 Å². The lowest BCUT2D eigenvalue weighted by Gasteiger charge is -2.31. The van der Waals surface area contributed by atoms with Gasteiger partial charge in [0.25, 0.3) is 0 Å². The number of halogens is 2. The standard InChI is InChI=1S/C21H22Cl2N2O2/c22-17-10-15(11-18(23)12-17)9-16-7-4-8-21(16,19(24)26)20(27)25-13-14-5-2-1-3-6-14/h1-3,5-6,10-12,16H,4,7-9,13H2,(H2,24,26)(H,25,27)/t16-,21-/m0/s1. The van der Waals surface area contributed by atoms with Crippen molar-refractivity contribution in [1.82, 2.24) is 5.32 Å². The van der Waals surface area contributed by atoms with E-state index in [-0.39, 0.29) is 11.8 Å². The van der Waals surface area contributed by atoms with Crippen molar-refractivity contribution in [3.05, 3.63) is 69.7 Å². The molecule has 3 N–H and O–H groups in total. The number of primary amides is 1. The van der Waals surface area contributed by atoms with Crippen LogP contribution in [0.5, 0.6) is 0 Å². The zero-order valence-corrected chi connectivity index (χ0v) is 16.4. The first-order valence-electron chi connectivity index (χ1n) is 8.99. The minimum Gasteiger partial charge on any atom is -0.369 e. The summed E-state index contributed by atoms with van der Waals surface area (Å²) in [4.78, 5) is 25.5. The van der Waals surface area contributed by atoms with Crippen LogP contribution in [0.4, 0.5) is 0 Å². The summed E-state index contributed by atoms with van der Waals surface area (Å²) in [5.74, 6) is -1.04. The molecule has 0 saturated heterocycles. The van der Waals surface area contributed by atoms with Crippen molar-refractivity contribution < 1.29 is 9.59 Å². The highest BCUT2D eigenvalue weighted by Crippen LogP contribution is 2.45. The number of rotatable bonds is 6. The molecule has 0 radical (unpaired) electrons.